The zero-order valence-electron chi connectivity index (χ0n) is 25.7. The van der Waals surface area contributed by atoms with Crippen molar-refractivity contribution in [1.82, 2.24) is 4.98 Å². The van der Waals surface area contributed by atoms with Gasteiger partial charge >= 0.3 is 6.18 Å². The van der Waals surface area contributed by atoms with Gasteiger partial charge in [-0.1, -0.05) is 73.4 Å². The standard InChI is InChI=1S/C33H46F3NO2Si/c1-20(2)28-26-27(25-23(37-28)18-31(6,7)19-24(25)39-40(8,9)30(3,4)5)32(15-10-11-16-32)38-29(26)21-13-12-14-22(17-21)33(34,35)36/h12-14,17,20,24,29H,10-11,15-16,18-19H2,1-9H3/t24?,29-/m1/s1. The van der Waals surface area contributed by atoms with E-state index in [0.29, 0.717) is 5.56 Å². The Morgan fingerprint density at radius 2 is 1.70 bits per heavy atom. The monoisotopic (exact) mass is 573 g/mol. The van der Waals surface area contributed by atoms with Crippen LogP contribution in [0.25, 0.3) is 0 Å². The van der Waals surface area contributed by atoms with Gasteiger partial charge in [0.25, 0.3) is 0 Å². The summed E-state index contributed by atoms with van der Waals surface area (Å²) >= 11 is 0. The second-order valence-corrected chi connectivity index (χ2v) is 19.8. The van der Waals surface area contributed by atoms with Crippen LogP contribution >= 0.6 is 0 Å². The van der Waals surface area contributed by atoms with Crippen LogP contribution < -0.4 is 0 Å². The Morgan fingerprint density at radius 1 is 1.05 bits per heavy atom. The highest BCUT2D eigenvalue weighted by Gasteiger charge is 2.54. The fraction of sp³-hybridized carbons (Fsp3) is 0.667. The molecule has 2 heterocycles. The van der Waals surface area contributed by atoms with Gasteiger partial charge in [0, 0.05) is 22.5 Å². The molecule has 0 N–H and O–H groups in total. The molecule has 1 aromatic heterocycles. The molecule has 1 saturated carbocycles. The lowest BCUT2D eigenvalue weighted by atomic mass is 9.70. The van der Waals surface area contributed by atoms with Crippen molar-refractivity contribution in [3.8, 4) is 0 Å². The molecule has 3 nitrogen and oxygen atoms in total. The van der Waals surface area contributed by atoms with Crippen molar-refractivity contribution in [3.63, 3.8) is 0 Å². The van der Waals surface area contributed by atoms with Crippen molar-refractivity contribution in [2.45, 2.75) is 135 Å². The number of rotatable bonds is 4. The maximum Gasteiger partial charge on any atom is 0.416 e. The van der Waals surface area contributed by atoms with E-state index < -0.39 is 31.8 Å². The molecule has 1 fully saturated rings. The highest BCUT2D eigenvalue weighted by Crippen LogP contribution is 2.60. The molecule has 1 aliphatic heterocycles. The van der Waals surface area contributed by atoms with Crippen LogP contribution in [0.3, 0.4) is 0 Å². The van der Waals surface area contributed by atoms with Crippen molar-refractivity contribution in [3.05, 3.63) is 63.5 Å². The summed E-state index contributed by atoms with van der Waals surface area (Å²) in [5.41, 5.74) is 4.87. The van der Waals surface area contributed by atoms with E-state index in [1.165, 1.54) is 23.3 Å². The van der Waals surface area contributed by atoms with Gasteiger partial charge < -0.3 is 9.16 Å². The molecule has 2 aromatic rings. The number of halogens is 3. The summed E-state index contributed by atoms with van der Waals surface area (Å²) in [5, 5.41) is 0.0470. The minimum absolute atomic E-state index is 0.0261. The Kier molecular flexibility index (Phi) is 7.20. The number of hydrogen-bond acceptors (Lipinski definition) is 3. The van der Waals surface area contributed by atoms with Gasteiger partial charge in [0.1, 0.15) is 6.10 Å². The number of pyridine rings is 1. The molecule has 7 heteroatoms. The van der Waals surface area contributed by atoms with Gasteiger partial charge in [0.2, 0.25) is 0 Å². The number of benzene rings is 1. The lowest BCUT2D eigenvalue weighted by Crippen LogP contribution is -2.44. The number of aromatic nitrogens is 1. The molecular formula is C33H46F3NO2Si. The largest absolute Gasteiger partial charge is 0.416 e. The Hall–Kier alpha value is -1.70. The van der Waals surface area contributed by atoms with Crippen LogP contribution in [0.2, 0.25) is 18.1 Å². The third kappa shape index (κ3) is 5.09. The van der Waals surface area contributed by atoms with E-state index in [4.69, 9.17) is 14.1 Å². The highest BCUT2D eigenvalue weighted by molar-refractivity contribution is 6.74. The minimum atomic E-state index is -4.41. The molecule has 0 radical (unpaired) electrons. The molecule has 220 valence electrons. The Balaban J connectivity index is 1.78. The summed E-state index contributed by atoms with van der Waals surface area (Å²) in [6, 6.07) is 5.71. The molecule has 2 aliphatic carbocycles. The lowest BCUT2D eigenvalue weighted by Gasteiger charge is -2.45. The zero-order chi connectivity index (χ0) is 29.5. The quantitative estimate of drug-likeness (QED) is 0.341. The molecule has 40 heavy (non-hydrogen) atoms. The SMILES string of the molecule is CC(C)c1nc2c(c3c1[C@@H](c1cccc(C(F)(F)F)c1)OC31CCCC1)C(O[Si](C)(C)C(C)(C)C)CC(C)(C)C2. The van der Waals surface area contributed by atoms with Crippen molar-refractivity contribution in [1.29, 1.82) is 0 Å². The Bertz CT molecular complexity index is 1290. The van der Waals surface area contributed by atoms with Gasteiger partial charge in [-0.15, -0.1) is 0 Å². The molecule has 0 amide bonds. The van der Waals surface area contributed by atoms with Crippen LogP contribution in [0.4, 0.5) is 13.2 Å². The van der Waals surface area contributed by atoms with Crippen molar-refractivity contribution >= 4 is 8.32 Å². The van der Waals surface area contributed by atoms with E-state index in [2.05, 4.69) is 61.6 Å². The summed E-state index contributed by atoms with van der Waals surface area (Å²) in [6.45, 7) is 20.3. The number of ether oxygens (including phenoxy) is 1. The molecule has 0 bridgehead atoms. The number of fused-ring (bicyclic) bond motifs is 4. The average Bonchev–Trinajstić information content (AvgIpc) is 3.41. The summed E-state index contributed by atoms with van der Waals surface area (Å²) < 4.78 is 55.6. The molecule has 2 atom stereocenters. The predicted octanol–water partition coefficient (Wildman–Crippen LogP) is 10.1. The first-order valence-corrected chi connectivity index (χ1v) is 17.9. The first-order chi connectivity index (χ1) is 18.4. The number of hydrogen-bond donors (Lipinski definition) is 0. The van der Waals surface area contributed by atoms with Gasteiger partial charge in [0.15, 0.2) is 8.32 Å². The smallest absolute Gasteiger partial charge is 0.410 e. The summed E-state index contributed by atoms with van der Waals surface area (Å²) in [7, 11) is -2.15. The number of nitrogens with zero attached hydrogens (tertiary/aromatic N) is 1. The topological polar surface area (TPSA) is 31.4 Å². The minimum Gasteiger partial charge on any atom is -0.410 e. The van der Waals surface area contributed by atoms with Gasteiger partial charge in [0.05, 0.1) is 17.3 Å². The van der Waals surface area contributed by atoms with E-state index in [0.717, 1.165) is 61.5 Å². The van der Waals surface area contributed by atoms with Gasteiger partial charge in [-0.3, -0.25) is 4.98 Å². The molecular weight excluding hydrogens is 527 g/mol. The molecule has 0 saturated heterocycles. The van der Waals surface area contributed by atoms with Crippen molar-refractivity contribution in [2.24, 2.45) is 5.41 Å². The summed E-state index contributed by atoms with van der Waals surface area (Å²) in [6.07, 6.45) is 0.495. The molecule has 3 aliphatic rings. The van der Waals surface area contributed by atoms with E-state index in [1.54, 1.807) is 6.07 Å². The predicted molar refractivity (Wildman–Crippen MR) is 156 cm³/mol. The molecule has 1 unspecified atom stereocenters. The lowest BCUT2D eigenvalue weighted by molar-refractivity contribution is -0.137. The first-order valence-electron chi connectivity index (χ1n) is 15.0. The van der Waals surface area contributed by atoms with Crippen molar-refractivity contribution in [2.75, 3.05) is 0 Å². The molecule has 5 rings (SSSR count). The van der Waals surface area contributed by atoms with Gasteiger partial charge in [-0.25, -0.2) is 0 Å². The van der Waals surface area contributed by atoms with Crippen LogP contribution in [0.1, 0.15) is 138 Å². The Labute approximate surface area is 239 Å². The van der Waals surface area contributed by atoms with E-state index in [1.807, 2.05) is 0 Å². The van der Waals surface area contributed by atoms with E-state index >= 15 is 0 Å². The van der Waals surface area contributed by atoms with Gasteiger partial charge in [-0.05, 0) is 78.4 Å². The normalized spacial score (nSPS) is 24.0. The van der Waals surface area contributed by atoms with Crippen LogP contribution in [0.5, 0.6) is 0 Å². The molecule has 1 spiro atoms. The fourth-order valence-corrected chi connectivity index (χ4v) is 8.16. The number of alkyl halides is 3. The second kappa shape index (κ2) is 9.67. The van der Waals surface area contributed by atoms with E-state index in [9.17, 15) is 13.2 Å². The molecule has 1 aromatic carbocycles. The first kappa shape index (κ1) is 29.8. The highest BCUT2D eigenvalue weighted by atomic mass is 28.4. The van der Waals surface area contributed by atoms with Crippen LogP contribution in [-0.2, 0) is 27.4 Å². The maximum atomic E-state index is 13.8. The Morgan fingerprint density at radius 3 is 2.27 bits per heavy atom. The van der Waals surface area contributed by atoms with E-state index in [-0.39, 0.29) is 22.5 Å². The van der Waals surface area contributed by atoms with Crippen LogP contribution in [0, 0.1) is 5.41 Å². The third-order valence-electron chi connectivity index (χ3n) is 9.87. The summed E-state index contributed by atoms with van der Waals surface area (Å²) in [4.78, 5) is 5.36. The maximum absolute atomic E-state index is 13.8. The average molecular weight is 574 g/mol. The fourth-order valence-electron chi connectivity index (χ4n) is 6.89. The zero-order valence-corrected chi connectivity index (χ0v) is 26.7. The van der Waals surface area contributed by atoms with Crippen LogP contribution in [-0.4, -0.2) is 13.3 Å². The van der Waals surface area contributed by atoms with Crippen molar-refractivity contribution < 1.29 is 22.3 Å². The van der Waals surface area contributed by atoms with Crippen LogP contribution in [0.15, 0.2) is 24.3 Å². The third-order valence-corrected chi connectivity index (χ3v) is 14.4. The summed E-state index contributed by atoms with van der Waals surface area (Å²) in [5.74, 6) is 0.109. The second-order valence-electron chi connectivity index (χ2n) is 15.0. The van der Waals surface area contributed by atoms with Gasteiger partial charge in [-0.2, -0.15) is 13.2 Å².